The number of ether oxygens (including phenoxy) is 1. The van der Waals surface area contributed by atoms with Gasteiger partial charge >= 0.3 is 0 Å². The standard InChI is InChI=1S/C30H25N3O4/c1-20-15-24(37-19-21-7-3-2-4-8-21)11-12-25(20)28(34)26-27(23-10-6-14-32-17-23)33(30(36)29(26)35)18-22-9-5-13-31-16-22/h2-17,27,34H,18-19H2,1H3/t27-/m1/s1. The van der Waals surface area contributed by atoms with Crippen LogP contribution in [0.5, 0.6) is 5.75 Å². The molecule has 1 atom stereocenters. The van der Waals surface area contributed by atoms with Crippen molar-refractivity contribution in [1.29, 1.82) is 0 Å². The third-order valence-corrected chi connectivity index (χ3v) is 6.32. The summed E-state index contributed by atoms with van der Waals surface area (Å²) < 4.78 is 5.90. The zero-order valence-electron chi connectivity index (χ0n) is 20.2. The second-order valence-electron chi connectivity index (χ2n) is 8.83. The third kappa shape index (κ3) is 4.97. The van der Waals surface area contributed by atoms with Crippen LogP contribution >= 0.6 is 0 Å². The fraction of sp³-hybridized carbons (Fsp3) is 0.133. The highest BCUT2D eigenvalue weighted by Crippen LogP contribution is 2.40. The Labute approximate surface area is 214 Å². The molecule has 2 aromatic carbocycles. The average Bonchev–Trinajstić information content (AvgIpc) is 3.18. The molecule has 184 valence electrons. The minimum Gasteiger partial charge on any atom is -0.507 e. The molecule has 7 heteroatoms. The Balaban J connectivity index is 1.51. The number of ketones is 1. The molecule has 1 aliphatic heterocycles. The number of carbonyl (C=O) groups excluding carboxylic acids is 2. The molecule has 1 amide bonds. The van der Waals surface area contributed by atoms with Crippen molar-refractivity contribution in [3.05, 3.63) is 131 Å². The highest BCUT2D eigenvalue weighted by atomic mass is 16.5. The van der Waals surface area contributed by atoms with Gasteiger partial charge in [0.1, 0.15) is 18.1 Å². The average molecular weight is 492 g/mol. The quantitative estimate of drug-likeness (QED) is 0.223. The number of likely N-dealkylation sites (tertiary alicyclic amines) is 1. The van der Waals surface area contributed by atoms with Crippen LogP contribution in [0.25, 0.3) is 5.76 Å². The van der Waals surface area contributed by atoms with Gasteiger partial charge in [0.15, 0.2) is 0 Å². The molecule has 0 bridgehead atoms. The minimum atomic E-state index is -0.790. The van der Waals surface area contributed by atoms with Crippen LogP contribution in [0.4, 0.5) is 0 Å². The van der Waals surface area contributed by atoms with Crippen molar-refractivity contribution in [2.45, 2.75) is 26.1 Å². The van der Waals surface area contributed by atoms with Gasteiger partial charge in [-0.3, -0.25) is 19.6 Å². The number of aryl methyl sites for hydroxylation is 1. The Kier molecular flexibility index (Phi) is 6.76. The van der Waals surface area contributed by atoms with Crippen molar-refractivity contribution < 1.29 is 19.4 Å². The molecule has 3 heterocycles. The van der Waals surface area contributed by atoms with E-state index in [4.69, 9.17) is 4.74 Å². The number of amides is 1. The molecule has 0 spiro atoms. The molecule has 5 rings (SSSR count). The first kappa shape index (κ1) is 23.9. The van der Waals surface area contributed by atoms with Gasteiger partial charge in [-0.05, 0) is 59.5 Å². The summed E-state index contributed by atoms with van der Waals surface area (Å²) in [5.41, 5.74) is 3.65. The van der Waals surface area contributed by atoms with Crippen molar-refractivity contribution in [2.24, 2.45) is 0 Å². The number of hydrogen-bond acceptors (Lipinski definition) is 6. The number of nitrogens with zero attached hydrogens (tertiary/aromatic N) is 3. The maximum atomic E-state index is 13.3. The van der Waals surface area contributed by atoms with E-state index < -0.39 is 17.7 Å². The molecular formula is C30H25N3O4. The molecule has 7 nitrogen and oxygen atoms in total. The zero-order valence-corrected chi connectivity index (χ0v) is 20.2. The number of hydrogen-bond donors (Lipinski definition) is 1. The van der Waals surface area contributed by atoms with Crippen LogP contribution in [0.3, 0.4) is 0 Å². The summed E-state index contributed by atoms with van der Waals surface area (Å²) in [6.07, 6.45) is 6.52. The highest BCUT2D eigenvalue weighted by molar-refractivity contribution is 6.46. The molecule has 0 unspecified atom stereocenters. The van der Waals surface area contributed by atoms with Crippen LogP contribution in [-0.4, -0.2) is 31.7 Å². The number of aliphatic hydroxyl groups is 1. The number of benzene rings is 2. The third-order valence-electron chi connectivity index (χ3n) is 6.32. The predicted octanol–water partition coefficient (Wildman–Crippen LogP) is 4.99. The monoisotopic (exact) mass is 491 g/mol. The van der Waals surface area contributed by atoms with Gasteiger partial charge in [-0.1, -0.05) is 42.5 Å². The van der Waals surface area contributed by atoms with Crippen molar-refractivity contribution >= 4 is 17.4 Å². The van der Waals surface area contributed by atoms with E-state index >= 15 is 0 Å². The topological polar surface area (TPSA) is 92.6 Å². The summed E-state index contributed by atoms with van der Waals surface area (Å²) in [6, 6.07) is 21.4. The van der Waals surface area contributed by atoms with E-state index in [2.05, 4.69) is 9.97 Å². The first-order chi connectivity index (χ1) is 18.0. The lowest BCUT2D eigenvalue weighted by Gasteiger charge is -2.25. The van der Waals surface area contributed by atoms with Crippen molar-refractivity contribution in [3.63, 3.8) is 0 Å². The maximum Gasteiger partial charge on any atom is 0.295 e. The van der Waals surface area contributed by atoms with Gasteiger partial charge in [0.2, 0.25) is 0 Å². The van der Waals surface area contributed by atoms with Gasteiger partial charge < -0.3 is 14.7 Å². The maximum absolute atomic E-state index is 13.3. The van der Waals surface area contributed by atoms with E-state index in [1.54, 1.807) is 55.1 Å². The number of rotatable bonds is 7. The first-order valence-electron chi connectivity index (χ1n) is 11.9. The fourth-order valence-corrected chi connectivity index (χ4v) is 4.49. The van der Waals surface area contributed by atoms with Crippen LogP contribution < -0.4 is 4.74 Å². The lowest BCUT2D eigenvalue weighted by Crippen LogP contribution is -2.29. The van der Waals surface area contributed by atoms with Crippen molar-refractivity contribution in [3.8, 4) is 5.75 Å². The molecule has 1 N–H and O–H groups in total. The van der Waals surface area contributed by atoms with E-state index in [0.29, 0.717) is 29.0 Å². The largest absolute Gasteiger partial charge is 0.507 e. The Morgan fingerprint density at radius 2 is 1.65 bits per heavy atom. The lowest BCUT2D eigenvalue weighted by molar-refractivity contribution is -0.140. The molecule has 37 heavy (non-hydrogen) atoms. The van der Waals surface area contributed by atoms with Gasteiger partial charge in [-0.15, -0.1) is 0 Å². The van der Waals surface area contributed by atoms with E-state index in [-0.39, 0.29) is 17.9 Å². The number of aromatic nitrogens is 2. The summed E-state index contributed by atoms with van der Waals surface area (Å²) in [5.74, 6) is -1.01. The minimum absolute atomic E-state index is 0.0305. The summed E-state index contributed by atoms with van der Waals surface area (Å²) in [5, 5.41) is 11.4. The van der Waals surface area contributed by atoms with E-state index in [1.165, 1.54) is 4.90 Å². The van der Waals surface area contributed by atoms with Crippen LogP contribution in [0.2, 0.25) is 0 Å². The highest BCUT2D eigenvalue weighted by Gasteiger charge is 2.46. The lowest BCUT2D eigenvalue weighted by atomic mass is 9.94. The SMILES string of the molecule is Cc1cc(OCc2ccccc2)ccc1C(O)=C1C(=O)C(=O)N(Cc2cccnc2)[C@@H]1c1cccnc1. The number of Topliss-reactive ketones (excluding diaryl/α,β-unsaturated/α-hetero) is 1. The van der Waals surface area contributed by atoms with Crippen LogP contribution in [0.15, 0.2) is 103 Å². The van der Waals surface area contributed by atoms with E-state index in [9.17, 15) is 14.7 Å². The normalized spacial score (nSPS) is 16.7. The Morgan fingerprint density at radius 1 is 0.919 bits per heavy atom. The van der Waals surface area contributed by atoms with Crippen LogP contribution in [0.1, 0.15) is 33.9 Å². The van der Waals surface area contributed by atoms with E-state index in [0.717, 1.165) is 11.1 Å². The molecule has 1 aliphatic rings. The zero-order chi connectivity index (χ0) is 25.8. The summed E-state index contributed by atoms with van der Waals surface area (Å²) >= 11 is 0. The van der Waals surface area contributed by atoms with Gasteiger partial charge in [-0.25, -0.2) is 0 Å². The molecule has 4 aromatic rings. The van der Waals surface area contributed by atoms with E-state index in [1.807, 2.05) is 49.4 Å². The Bertz CT molecular complexity index is 1450. The van der Waals surface area contributed by atoms with Crippen molar-refractivity contribution in [1.82, 2.24) is 14.9 Å². The molecule has 0 saturated carbocycles. The van der Waals surface area contributed by atoms with Crippen LogP contribution in [0, 0.1) is 6.92 Å². The summed E-state index contributed by atoms with van der Waals surface area (Å²) in [4.78, 5) is 36.2. The number of carbonyl (C=O) groups is 2. The second kappa shape index (κ2) is 10.5. The van der Waals surface area contributed by atoms with Gasteiger partial charge in [0, 0.05) is 36.9 Å². The first-order valence-corrected chi connectivity index (χ1v) is 11.9. The molecule has 1 saturated heterocycles. The molecule has 0 radical (unpaired) electrons. The smallest absolute Gasteiger partial charge is 0.295 e. The molecule has 1 fully saturated rings. The van der Waals surface area contributed by atoms with Gasteiger partial charge in [-0.2, -0.15) is 0 Å². The van der Waals surface area contributed by atoms with Crippen molar-refractivity contribution in [2.75, 3.05) is 0 Å². The van der Waals surface area contributed by atoms with Gasteiger partial charge in [0.05, 0.1) is 11.6 Å². The predicted molar refractivity (Wildman–Crippen MR) is 138 cm³/mol. The van der Waals surface area contributed by atoms with Crippen LogP contribution in [-0.2, 0) is 22.7 Å². The molecular weight excluding hydrogens is 466 g/mol. The Morgan fingerprint density at radius 3 is 2.32 bits per heavy atom. The summed E-state index contributed by atoms with van der Waals surface area (Å²) in [7, 11) is 0. The second-order valence-corrected chi connectivity index (χ2v) is 8.83. The molecule has 0 aliphatic carbocycles. The summed E-state index contributed by atoms with van der Waals surface area (Å²) in [6.45, 7) is 2.40. The fourth-order valence-electron chi connectivity index (χ4n) is 4.49. The number of aliphatic hydroxyl groups excluding tert-OH is 1. The Hall–Kier alpha value is -4.78. The van der Waals surface area contributed by atoms with Gasteiger partial charge in [0.25, 0.3) is 11.7 Å². The molecule has 2 aromatic heterocycles. The number of pyridine rings is 2.